The highest BCUT2D eigenvalue weighted by atomic mass is 32.2. The number of benzene rings is 1. The molecule has 0 unspecified atom stereocenters. The number of piperidine rings is 1. The largest absolute Gasteiger partial charge is 0.459 e. The van der Waals surface area contributed by atoms with Crippen molar-refractivity contribution >= 4 is 27.5 Å². The first kappa shape index (κ1) is 19.0. The van der Waals surface area contributed by atoms with Gasteiger partial charge >= 0.3 is 0 Å². The van der Waals surface area contributed by atoms with Crippen molar-refractivity contribution in [3.8, 4) is 0 Å². The van der Waals surface area contributed by atoms with E-state index in [9.17, 15) is 18.0 Å². The van der Waals surface area contributed by atoms with Crippen molar-refractivity contribution in [1.29, 1.82) is 0 Å². The van der Waals surface area contributed by atoms with Crippen molar-refractivity contribution in [2.75, 3.05) is 24.1 Å². The third-order valence-electron chi connectivity index (χ3n) is 4.30. The summed E-state index contributed by atoms with van der Waals surface area (Å²) in [6, 6.07) is 9.51. The van der Waals surface area contributed by atoms with Gasteiger partial charge in [-0.1, -0.05) is 0 Å². The Balaban J connectivity index is 1.51. The Morgan fingerprint density at radius 2 is 1.78 bits per heavy atom. The third-order valence-corrected chi connectivity index (χ3v) is 4.91. The fourth-order valence-electron chi connectivity index (χ4n) is 2.96. The summed E-state index contributed by atoms with van der Waals surface area (Å²) in [5.74, 6) is -0.0456. The van der Waals surface area contributed by atoms with E-state index in [1.807, 2.05) is 0 Å². The molecule has 2 heterocycles. The number of furan rings is 1. The van der Waals surface area contributed by atoms with E-state index in [1.165, 1.54) is 6.26 Å². The summed E-state index contributed by atoms with van der Waals surface area (Å²) in [6.07, 6.45) is 3.85. The van der Waals surface area contributed by atoms with Crippen molar-refractivity contribution in [2.45, 2.75) is 18.9 Å². The van der Waals surface area contributed by atoms with Crippen molar-refractivity contribution in [2.24, 2.45) is 0 Å². The van der Waals surface area contributed by atoms with Gasteiger partial charge in [-0.05, 0) is 49.2 Å². The topological polar surface area (TPSA) is 109 Å². The van der Waals surface area contributed by atoms with Crippen LogP contribution in [0.4, 0.5) is 5.69 Å². The quantitative estimate of drug-likeness (QED) is 0.806. The molecule has 1 fully saturated rings. The molecule has 0 atom stereocenters. The van der Waals surface area contributed by atoms with Gasteiger partial charge in [0, 0.05) is 30.4 Å². The van der Waals surface area contributed by atoms with Gasteiger partial charge in [0.2, 0.25) is 10.0 Å². The first-order valence-corrected chi connectivity index (χ1v) is 10.4. The normalized spacial score (nSPS) is 15.4. The minimum Gasteiger partial charge on any atom is -0.459 e. The number of hydrogen-bond acceptors (Lipinski definition) is 5. The second-order valence-electron chi connectivity index (χ2n) is 6.47. The van der Waals surface area contributed by atoms with Gasteiger partial charge in [0.1, 0.15) is 0 Å². The van der Waals surface area contributed by atoms with Gasteiger partial charge < -0.3 is 14.6 Å². The number of sulfonamides is 1. The lowest BCUT2D eigenvalue weighted by Gasteiger charge is -2.31. The number of anilines is 1. The predicted molar refractivity (Wildman–Crippen MR) is 100 cm³/mol. The molecule has 2 N–H and O–H groups in total. The number of nitrogens with one attached hydrogen (secondary N) is 2. The van der Waals surface area contributed by atoms with Gasteiger partial charge in [0.25, 0.3) is 11.8 Å². The Morgan fingerprint density at radius 3 is 2.33 bits per heavy atom. The summed E-state index contributed by atoms with van der Waals surface area (Å²) in [4.78, 5) is 26.3. The summed E-state index contributed by atoms with van der Waals surface area (Å²) in [5.41, 5.74) is 0.849. The summed E-state index contributed by atoms with van der Waals surface area (Å²) in [7, 11) is -3.35. The fraction of sp³-hybridized carbons (Fsp3) is 0.333. The molecule has 144 valence electrons. The van der Waals surface area contributed by atoms with Gasteiger partial charge in [-0.15, -0.1) is 0 Å². The van der Waals surface area contributed by atoms with Gasteiger partial charge in [-0.3, -0.25) is 14.3 Å². The minimum atomic E-state index is -3.35. The molecule has 0 bridgehead atoms. The van der Waals surface area contributed by atoms with Crippen LogP contribution in [-0.4, -0.2) is 50.5 Å². The molecule has 2 amide bonds. The lowest BCUT2D eigenvalue weighted by molar-refractivity contribution is 0.0667. The third kappa shape index (κ3) is 5.10. The van der Waals surface area contributed by atoms with Crippen LogP contribution in [0.5, 0.6) is 0 Å². The summed E-state index contributed by atoms with van der Waals surface area (Å²) >= 11 is 0. The van der Waals surface area contributed by atoms with Crippen molar-refractivity contribution in [3.63, 3.8) is 0 Å². The summed E-state index contributed by atoms with van der Waals surface area (Å²) in [5, 5.41) is 2.96. The van der Waals surface area contributed by atoms with E-state index < -0.39 is 10.0 Å². The average Bonchev–Trinajstić information content (AvgIpc) is 3.15. The molecule has 1 aliphatic rings. The molecule has 8 nitrogen and oxygen atoms in total. The van der Waals surface area contributed by atoms with Crippen LogP contribution < -0.4 is 10.0 Å². The van der Waals surface area contributed by atoms with Crippen LogP contribution in [0, 0.1) is 0 Å². The van der Waals surface area contributed by atoms with E-state index in [2.05, 4.69) is 10.0 Å². The summed E-state index contributed by atoms with van der Waals surface area (Å²) < 4.78 is 29.9. The number of rotatable bonds is 5. The highest BCUT2D eigenvalue weighted by Crippen LogP contribution is 2.16. The monoisotopic (exact) mass is 391 g/mol. The molecule has 3 rings (SSSR count). The van der Waals surface area contributed by atoms with Crippen molar-refractivity contribution < 1.29 is 22.4 Å². The standard InChI is InChI=1S/C18H21N3O5S/c1-27(24,25)20-15-6-4-13(5-7-15)17(22)19-14-8-10-21(11-9-14)18(23)16-3-2-12-26-16/h2-7,12,14,20H,8-11H2,1H3,(H,19,22). The van der Waals surface area contributed by atoms with Crippen molar-refractivity contribution in [1.82, 2.24) is 10.2 Å². The van der Waals surface area contributed by atoms with Crippen LogP contribution in [0.3, 0.4) is 0 Å². The SMILES string of the molecule is CS(=O)(=O)Nc1ccc(C(=O)NC2CCN(C(=O)c3ccco3)CC2)cc1. The molecular formula is C18H21N3O5S. The zero-order valence-corrected chi connectivity index (χ0v) is 15.7. The molecule has 0 radical (unpaired) electrons. The van der Waals surface area contributed by atoms with E-state index >= 15 is 0 Å². The number of hydrogen-bond donors (Lipinski definition) is 2. The van der Waals surface area contributed by atoms with Crippen LogP contribution in [0.2, 0.25) is 0 Å². The Labute approximate surface area is 157 Å². The number of likely N-dealkylation sites (tertiary alicyclic amines) is 1. The maximum atomic E-state index is 12.4. The Bertz CT molecular complexity index is 899. The van der Waals surface area contributed by atoms with Crippen LogP contribution in [0.15, 0.2) is 47.1 Å². The average molecular weight is 391 g/mol. The van der Waals surface area contributed by atoms with E-state index in [0.29, 0.717) is 42.9 Å². The molecule has 0 spiro atoms. The van der Waals surface area contributed by atoms with E-state index in [4.69, 9.17) is 4.42 Å². The molecular weight excluding hydrogens is 370 g/mol. The Hall–Kier alpha value is -2.81. The molecule has 1 aromatic carbocycles. The van der Waals surface area contributed by atoms with E-state index in [-0.39, 0.29) is 17.9 Å². The molecule has 0 aliphatic carbocycles. The second-order valence-corrected chi connectivity index (χ2v) is 8.22. The maximum Gasteiger partial charge on any atom is 0.289 e. The first-order valence-electron chi connectivity index (χ1n) is 8.53. The molecule has 2 aromatic rings. The Kier molecular flexibility index (Phi) is 5.50. The lowest BCUT2D eigenvalue weighted by Crippen LogP contribution is -2.46. The molecule has 1 saturated heterocycles. The van der Waals surface area contributed by atoms with E-state index in [1.54, 1.807) is 41.3 Å². The highest BCUT2D eigenvalue weighted by Gasteiger charge is 2.26. The van der Waals surface area contributed by atoms with Crippen LogP contribution >= 0.6 is 0 Å². The van der Waals surface area contributed by atoms with E-state index in [0.717, 1.165) is 6.26 Å². The second kappa shape index (κ2) is 7.83. The predicted octanol–water partition coefficient (Wildman–Crippen LogP) is 1.69. The molecule has 1 aromatic heterocycles. The van der Waals surface area contributed by atoms with Crippen LogP contribution in [0.1, 0.15) is 33.8 Å². The zero-order valence-electron chi connectivity index (χ0n) is 14.8. The lowest BCUT2D eigenvalue weighted by atomic mass is 10.0. The van der Waals surface area contributed by atoms with Gasteiger partial charge in [0.15, 0.2) is 5.76 Å². The first-order chi connectivity index (χ1) is 12.8. The zero-order chi connectivity index (χ0) is 19.4. The van der Waals surface area contributed by atoms with Crippen molar-refractivity contribution in [3.05, 3.63) is 54.0 Å². The molecule has 27 heavy (non-hydrogen) atoms. The van der Waals surface area contributed by atoms with Crippen LogP contribution in [0.25, 0.3) is 0 Å². The number of amides is 2. The van der Waals surface area contributed by atoms with Crippen LogP contribution in [-0.2, 0) is 10.0 Å². The van der Waals surface area contributed by atoms with Gasteiger partial charge in [-0.25, -0.2) is 8.42 Å². The maximum absolute atomic E-state index is 12.4. The molecule has 0 saturated carbocycles. The Morgan fingerprint density at radius 1 is 1.11 bits per heavy atom. The van der Waals surface area contributed by atoms with Gasteiger partial charge in [0.05, 0.1) is 12.5 Å². The summed E-state index contributed by atoms with van der Waals surface area (Å²) in [6.45, 7) is 1.09. The smallest absolute Gasteiger partial charge is 0.289 e. The fourth-order valence-corrected chi connectivity index (χ4v) is 3.52. The minimum absolute atomic E-state index is 0.0213. The molecule has 1 aliphatic heterocycles. The number of carbonyl (C=O) groups excluding carboxylic acids is 2. The highest BCUT2D eigenvalue weighted by molar-refractivity contribution is 7.92. The van der Waals surface area contributed by atoms with Gasteiger partial charge in [-0.2, -0.15) is 0 Å². The number of nitrogens with zero attached hydrogens (tertiary/aromatic N) is 1. The molecule has 9 heteroatoms. The number of carbonyl (C=O) groups is 2.